The van der Waals surface area contributed by atoms with E-state index in [2.05, 4.69) is 25.3 Å². The first-order chi connectivity index (χ1) is 12.0. The number of nitrogens with one attached hydrogen (secondary N) is 4. The molecular weight excluding hydrogens is 320 g/mol. The predicted molar refractivity (Wildman–Crippen MR) is 97.3 cm³/mol. The van der Waals surface area contributed by atoms with E-state index in [9.17, 15) is 9.59 Å². The van der Waals surface area contributed by atoms with E-state index in [0.29, 0.717) is 22.3 Å². The van der Waals surface area contributed by atoms with Crippen molar-refractivity contribution in [2.45, 2.75) is 0 Å². The Kier molecular flexibility index (Phi) is 3.31. The van der Waals surface area contributed by atoms with Crippen molar-refractivity contribution < 1.29 is 4.79 Å². The average molecular weight is 336 g/mol. The number of hydrogen-bond donors (Lipinski definition) is 4. The zero-order valence-corrected chi connectivity index (χ0v) is 13.7. The third kappa shape index (κ3) is 2.74. The second-order valence-corrected chi connectivity index (χ2v) is 5.98. The van der Waals surface area contributed by atoms with Crippen molar-refractivity contribution in [2.75, 3.05) is 24.3 Å². The van der Waals surface area contributed by atoms with E-state index in [0.717, 1.165) is 17.0 Å². The summed E-state index contributed by atoms with van der Waals surface area (Å²) in [5.74, 6) is 0.495. The number of nitrogens with zero attached hydrogens (tertiary/aromatic N) is 2. The third-order valence-electron chi connectivity index (χ3n) is 3.93. The van der Waals surface area contributed by atoms with Crippen molar-refractivity contribution in [3.05, 3.63) is 52.4 Å². The maximum absolute atomic E-state index is 12.5. The Hall–Kier alpha value is -3.55. The van der Waals surface area contributed by atoms with Crippen LogP contribution in [0.2, 0.25) is 0 Å². The smallest absolute Gasteiger partial charge is 0.323 e. The summed E-state index contributed by atoms with van der Waals surface area (Å²) in [4.78, 5) is 38.6. The number of amides is 1. The number of aromatic amines is 3. The van der Waals surface area contributed by atoms with Crippen molar-refractivity contribution in [3.63, 3.8) is 0 Å². The van der Waals surface area contributed by atoms with Crippen molar-refractivity contribution in [3.8, 4) is 0 Å². The highest BCUT2D eigenvalue weighted by molar-refractivity contribution is 6.06. The Morgan fingerprint density at radius 2 is 1.80 bits per heavy atom. The van der Waals surface area contributed by atoms with Gasteiger partial charge in [-0.2, -0.15) is 0 Å². The fraction of sp³-hybridized carbons (Fsp3) is 0.118. The maximum atomic E-state index is 12.5. The molecule has 126 valence electrons. The number of imidazole rings is 2. The van der Waals surface area contributed by atoms with E-state index < -0.39 is 0 Å². The second-order valence-electron chi connectivity index (χ2n) is 5.98. The zero-order valence-electron chi connectivity index (χ0n) is 13.7. The molecule has 0 unspecified atom stereocenters. The summed E-state index contributed by atoms with van der Waals surface area (Å²) >= 11 is 0. The lowest BCUT2D eigenvalue weighted by molar-refractivity contribution is 0.102. The quantitative estimate of drug-likeness (QED) is 0.459. The van der Waals surface area contributed by atoms with Crippen molar-refractivity contribution in [2.24, 2.45) is 0 Å². The van der Waals surface area contributed by atoms with Crippen molar-refractivity contribution in [1.82, 2.24) is 19.9 Å². The molecule has 0 aliphatic carbocycles. The Morgan fingerprint density at radius 3 is 2.60 bits per heavy atom. The summed E-state index contributed by atoms with van der Waals surface area (Å²) in [6, 6.07) is 10.5. The van der Waals surface area contributed by atoms with E-state index >= 15 is 0 Å². The van der Waals surface area contributed by atoms with Gasteiger partial charge in [0.2, 0.25) is 5.95 Å². The van der Waals surface area contributed by atoms with Gasteiger partial charge in [0, 0.05) is 25.3 Å². The number of H-pyrrole nitrogens is 3. The lowest BCUT2D eigenvalue weighted by atomic mass is 10.2. The molecule has 8 heteroatoms. The summed E-state index contributed by atoms with van der Waals surface area (Å²) in [7, 11) is 3.79. The molecule has 0 atom stereocenters. The summed E-state index contributed by atoms with van der Waals surface area (Å²) < 4.78 is 0. The summed E-state index contributed by atoms with van der Waals surface area (Å²) in [6.45, 7) is 0. The van der Waals surface area contributed by atoms with Gasteiger partial charge in [-0.25, -0.2) is 9.78 Å². The van der Waals surface area contributed by atoms with Gasteiger partial charge in [0.1, 0.15) is 0 Å². The topological polar surface area (TPSA) is 110 Å². The Balaban J connectivity index is 1.62. The first-order valence-corrected chi connectivity index (χ1v) is 7.70. The lowest BCUT2D eigenvalue weighted by Crippen LogP contribution is -2.11. The zero-order chi connectivity index (χ0) is 17.6. The van der Waals surface area contributed by atoms with Crippen LogP contribution in [-0.4, -0.2) is 39.9 Å². The fourth-order valence-corrected chi connectivity index (χ4v) is 2.66. The van der Waals surface area contributed by atoms with Crippen LogP contribution in [-0.2, 0) is 0 Å². The van der Waals surface area contributed by atoms with Gasteiger partial charge in [-0.3, -0.25) is 4.79 Å². The molecule has 0 saturated carbocycles. The van der Waals surface area contributed by atoms with E-state index in [1.165, 1.54) is 0 Å². The molecule has 0 aliphatic heterocycles. The number of carbonyl (C=O) groups is 1. The molecule has 2 aromatic heterocycles. The molecule has 0 saturated heterocycles. The van der Waals surface area contributed by atoms with Crippen molar-refractivity contribution >= 4 is 39.6 Å². The first kappa shape index (κ1) is 15.0. The largest absolute Gasteiger partial charge is 0.349 e. The van der Waals surface area contributed by atoms with Gasteiger partial charge in [0.15, 0.2) is 0 Å². The molecule has 4 rings (SSSR count). The highest BCUT2D eigenvalue weighted by Gasteiger charge is 2.11. The van der Waals surface area contributed by atoms with Crippen LogP contribution in [0.3, 0.4) is 0 Å². The molecule has 0 radical (unpaired) electrons. The molecule has 0 bridgehead atoms. The molecule has 0 spiro atoms. The summed E-state index contributed by atoms with van der Waals surface area (Å²) in [5, 5.41) is 2.83. The molecule has 2 aromatic carbocycles. The molecule has 8 nitrogen and oxygen atoms in total. The molecule has 4 aromatic rings. The Morgan fingerprint density at radius 1 is 1.00 bits per heavy atom. The molecule has 4 N–H and O–H groups in total. The highest BCUT2D eigenvalue weighted by Crippen LogP contribution is 2.19. The summed E-state index contributed by atoms with van der Waals surface area (Å²) in [5.41, 5.74) is 3.77. The fourth-order valence-electron chi connectivity index (χ4n) is 2.66. The lowest BCUT2D eigenvalue weighted by Gasteiger charge is -2.05. The standard InChI is InChI=1S/C17H16N6O2/c1-23(2)16-19-11-5-3-9(7-13(11)20-16)15(24)18-10-4-6-12-14(8-10)22-17(25)21-12/h3-8H,1-2H3,(H,18,24)(H,19,20)(H2,21,22,25). The number of benzene rings is 2. The average Bonchev–Trinajstić information content (AvgIpc) is 3.15. The van der Waals surface area contributed by atoms with Crippen LogP contribution < -0.4 is 15.9 Å². The SMILES string of the molecule is CN(C)c1nc2ccc(C(=O)Nc3ccc4[nH]c(=O)[nH]c4c3)cc2[nH]1. The first-order valence-electron chi connectivity index (χ1n) is 7.70. The number of carbonyl (C=O) groups excluding carboxylic acids is 1. The minimum atomic E-state index is -0.278. The van der Waals surface area contributed by atoms with E-state index in [1.807, 2.05) is 19.0 Å². The normalized spacial score (nSPS) is 11.1. The number of anilines is 2. The Labute approximate surface area is 141 Å². The van der Waals surface area contributed by atoms with Gasteiger partial charge in [0.05, 0.1) is 22.1 Å². The van der Waals surface area contributed by atoms with E-state index in [4.69, 9.17) is 0 Å². The third-order valence-corrected chi connectivity index (χ3v) is 3.93. The number of rotatable bonds is 3. The van der Waals surface area contributed by atoms with Gasteiger partial charge >= 0.3 is 5.69 Å². The predicted octanol–water partition coefficient (Wildman–Crippen LogP) is 2.05. The molecule has 25 heavy (non-hydrogen) atoms. The maximum Gasteiger partial charge on any atom is 0.323 e. The molecule has 1 amide bonds. The number of hydrogen-bond acceptors (Lipinski definition) is 4. The van der Waals surface area contributed by atoms with Crippen LogP contribution in [0, 0.1) is 0 Å². The number of fused-ring (bicyclic) bond motifs is 2. The summed E-state index contributed by atoms with van der Waals surface area (Å²) in [6.07, 6.45) is 0. The van der Waals surface area contributed by atoms with Gasteiger partial charge in [0.25, 0.3) is 5.91 Å². The van der Waals surface area contributed by atoms with Gasteiger partial charge in [-0.1, -0.05) is 0 Å². The molecule has 2 heterocycles. The minimum absolute atomic E-state index is 0.236. The monoisotopic (exact) mass is 336 g/mol. The molecule has 0 fully saturated rings. The van der Waals surface area contributed by atoms with Crippen LogP contribution in [0.25, 0.3) is 22.1 Å². The van der Waals surface area contributed by atoms with Crippen LogP contribution in [0.5, 0.6) is 0 Å². The molecule has 0 aliphatic rings. The van der Waals surface area contributed by atoms with Crippen LogP contribution in [0.4, 0.5) is 11.6 Å². The highest BCUT2D eigenvalue weighted by atomic mass is 16.2. The number of aromatic nitrogens is 4. The van der Waals surface area contributed by atoms with E-state index in [1.54, 1.807) is 36.4 Å². The van der Waals surface area contributed by atoms with E-state index in [-0.39, 0.29) is 11.6 Å². The van der Waals surface area contributed by atoms with Crippen LogP contribution in [0.15, 0.2) is 41.2 Å². The van der Waals surface area contributed by atoms with Gasteiger partial charge in [-0.05, 0) is 36.4 Å². The second kappa shape index (κ2) is 5.52. The van der Waals surface area contributed by atoms with Gasteiger partial charge in [-0.15, -0.1) is 0 Å². The van der Waals surface area contributed by atoms with Crippen LogP contribution in [0.1, 0.15) is 10.4 Å². The van der Waals surface area contributed by atoms with Gasteiger partial charge < -0.3 is 25.2 Å². The van der Waals surface area contributed by atoms with Crippen molar-refractivity contribution in [1.29, 1.82) is 0 Å². The Bertz CT molecular complexity index is 1150. The minimum Gasteiger partial charge on any atom is -0.349 e. The van der Waals surface area contributed by atoms with Crippen LogP contribution >= 0.6 is 0 Å². The molecular formula is C17H16N6O2.